The first kappa shape index (κ1) is 30.8. The number of aliphatic hydroxyl groups excluding tert-OH is 1. The Morgan fingerprint density at radius 3 is 2.68 bits per heavy atom. The molecule has 0 spiro atoms. The van der Waals surface area contributed by atoms with Crippen molar-refractivity contribution in [2.24, 2.45) is 0 Å². The molecule has 0 fully saturated rings. The van der Waals surface area contributed by atoms with Gasteiger partial charge in [-0.05, 0) is 54.5 Å². The molecule has 8 nitrogen and oxygen atoms in total. The number of unbranched alkanes of at least 4 members (excludes halogenated alkanes) is 2. The molecule has 2 aliphatic rings. The largest absolute Gasteiger partial charge is 0.497 e. The summed E-state index contributed by atoms with van der Waals surface area (Å²) < 4.78 is 11.7. The smallest absolute Gasteiger partial charge is 0.243 e. The van der Waals surface area contributed by atoms with Crippen LogP contribution in [0.25, 0.3) is 0 Å². The topological polar surface area (TPSA) is 100 Å². The number of rotatable bonds is 8. The van der Waals surface area contributed by atoms with Gasteiger partial charge in [0.15, 0.2) is 0 Å². The van der Waals surface area contributed by atoms with E-state index < -0.39 is 18.2 Å². The molecule has 0 saturated heterocycles. The number of benzene rings is 2. The number of amides is 2. The molecule has 222 valence electrons. The lowest BCUT2D eigenvalue weighted by atomic mass is 9.99. The minimum atomic E-state index is -0.861. The molecule has 1 aliphatic heterocycles. The summed E-state index contributed by atoms with van der Waals surface area (Å²) in [4.78, 5) is 28.3. The van der Waals surface area contributed by atoms with Crippen LogP contribution in [0, 0.1) is 0 Å². The second-order valence-electron chi connectivity index (χ2n) is 11.1. The number of ether oxygens (including phenoxy) is 2. The van der Waals surface area contributed by atoms with Crippen LogP contribution in [-0.4, -0.2) is 67.3 Å². The number of carbonyl (C=O) groups is 2. The highest BCUT2D eigenvalue weighted by atomic mass is 16.5. The fraction of sp³-hybridized carbons (Fsp3) is 0.515. The maximum Gasteiger partial charge on any atom is 0.243 e. The molecule has 8 heteroatoms. The zero-order valence-electron chi connectivity index (χ0n) is 24.6. The van der Waals surface area contributed by atoms with Gasteiger partial charge in [0.05, 0.1) is 32.0 Å². The van der Waals surface area contributed by atoms with Gasteiger partial charge in [-0.1, -0.05) is 68.3 Å². The van der Waals surface area contributed by atoms with E-state index in [9.17, 15) is 14.7 Å². The second kappa shape index (κ2) is 15.1. The van der Waals surface area contributed by atoms with Crippen LogP contribution in [0.5, 0.6) is 5.75 Å². The van der Waals surface area contributed by atoms with Crippen molar-refractivity contribution in [3.63, 3.8) is 0 Å². The first-order valence-electron chi connectivity index (χ1n) is 14.9. The lowest BCUT2D eigenvalue weighted by Gasteiger charge is -2.31. The Labute approximate surface area is 244 Å². The van der Waals surface area contributed by atoms with Crippen LogP contribution >= 0.6 is 0 Å². The van der Waals surface area contributed by atoms with Crippen LogP contribution in [0.15, 0.2) is 60.7 Å². The number of hydrogen-bond donors (Lipinski definition) is 3. The van der Waals surface area contributed by atoms with E-state index in [1.54, 1.807) is 19.1 Å². The molecule has 5 atom stereocenters. The molecular formula is C33H45N3O5. The highest BCUT2D eigenvalue weighted by Gasteiger charge is 2.34. The molecular weight excluding hydrogens is 518 g/mol. The summed E-state index contributed by atoms with van der Waals surface area (Å²) in [7, 11) is 3.35. The average molecular weight is 564 g/mol. The van der Waals surface area contributed by atoms with Crippen LogP contribution in [-0.2, 0) is 20.7 Å². The Morgan fingerprint density at radius 1 is 1.12 bits per heavy atom. The fourth-order valence-corrected chi connectivity index (χ4v) is 5.71. The van der Waals surface area contributed by atoms with Crippen molar-refractivity contribution in [2.45, 2.75) is 82.2 Å². The number of β-amino-alcohol motifs (C(OH)–C–C–N with tert-alkyl or cyclic N) is 1. The minimum Gasteiger partial charge on any atom is -0.497 e. The first-order chi connectivity index (χ1) is 19.9. The summed E-state index contributed by atoms with van der Waals surface area (Å²) in [5.74, 6) is 0.459. The standard InChI is InChI=1S/C33H45N3O5/c1-4-5-7-15-32(38)36(2)29-14-10-11-18-41-31-21-27(26-20-24(40-3)16-17-25(26)31)34-22-30(37)28(35-33(29)39)19-23-12-8-6-9-13-23/h6,8-13,16-17,20,27-31,34,37H,4-5,7,14-15,18-19,21-22H2,1-3H3,(H,35,39)/b11-10+/t27-,28+,29-,30-,31+/m1/s1. The van der Waals surface area contributed by atoms with Crippen LogP contribution in [0.2, 0.25) is 0 Å². The quantitative estimate of drug-likeness (QED) is 0.328. The van der Waals surface area contributed by atoms with Crippen molar-refractivity contribution in [1.29, 1.82) is 0 Å². The third kappa shape index (κ3) is 8.18. The summed E-state index contributed by atoms with van der Waals surface area (Å²) >= 11 is 0. The lowest BCUT2D eigenvalue weighted by Crippen LogP contribution is -2.55. The molecule has 3 N–H and O–H groups in total. The molecule has 1 heterocycles. The van der Waals surface area contributed by atoms with Gasteiger partial charge in [0, 0.05) is 26.1 Å². The third-order valence-corrected chi connectivity index (χ3v) is 8.21. The second-order valence-corrected chi connectivity index (χ2v) is 11.1. The number of fused-ring (bicyclic) bond motifs is 5. The van der Waals surface area contributed by atoms with Crippen molar-refractivity contribution in [3.8, 4) is 5.75 Å². The van der Waals surface area contributed by atoms with Crippen LogP contribution < -0.4 is 15.4 Å². The molecule has 2 aromatic rings. The number of aliphatic hydroxyl groups is 1. The van der Waals surface area contributed by atoms with Gasteiger partial charge >= 0.3 is 0 Å². The molecule has 0 unspecified atom stereocenters. The summed E-state index contributed by atoms with van der Waals surface area (Å²) in [6.07, 6.45) is 7.65. The monoisotopic (exact) mass is 563 g/mol. The number of methoxy groups -OCH3 is 1. The van der Waals surface area contributed by atoms with Crippen LogP contribution in [0.1, 0.15) is 74.3 Å². The van der Waals surface area contributed by atoms with Crippen molar-refractivity contribution in [2.75, 3.05) is 27.3 Å². The van der Waals surface area contributed by atoms with Crippen molar-refractivity contribution in [3.05, 3.63) is 77.4 Å². The van der Waals surface area contributed by atoms with Gasteiger partial charge in [0.2, 0.25) is 11.8 Å². The molecule has 4 rings (SSSR count). The van der Waals surface area contributed by atoms with E-state index in [4.69, 9.17) is 9.47 Å². The molecule has 0 aromatic heterocycles. The number of hydrogen-bond acceptors (Lipinski definition) is 6. The number of carbonyl (C=O) groups excluding carboxylic acids is 2. The summed E-state index contributed by atoms with van der Waals surface area (Å²) in [5.41, 5.74) is 3.23. The molecule has 2 amide bonds. The SMILES string of the molecule is CCCCCC(=O)N(C)[C@@H]1C/C=C/CO[C@H]2C[C@@H](NC[C@@H](O)[C@H](Cc3ccccc3)NC1=O)c1cc(OC)ccc12. The van der Waals surface area contributed by atoms with Gasteiger partial charge in [-0.3, -0.25) is 9.59 Å². The van der Waals surface area contributed by atoms with Crippen molar-refractivity contribution >= 4 is 11.8 Å². The Kier molecular flexibility index (Phi) is 11.4. The zero-order chi connectivity index (χ0) is 29.2. The van der Waals surface area contributed by atoms with E-state index in [-0.39, 0.29) is 30.5 Å². The van der Waals surface area contributed by atoms with Gasteiger partial charge in [-0.25, -0.2) is 0 Å². The van der Waals surface area contributed by atoms with Crippen molar-refractivity contribution < 1.29 is 24.2 Å². The predicted molar refractivity (Wildman–Crippen MR) is 160 cm³/mol. The maximum absolute atomic E-state index is 13.7. The molecule has 2 aromatic carbocycles. The Hall–Kier alpha value is -3.20. The Bertz CT molecular complexity index is 1170. The predicted octanol–water partition coefficient (Wildman–Crippen LogP) is 4.24. The van der Waals surface area contributed by atoms with Crippen LogP contribution in [0.4, 0.5) is 0 Å². The van der Waals surface area contributed by atoms with Crippen LogP contribution in [0.3, 0.4) is 0 Å². The average Bonchev–Trinajstić information content (AvgIpc) is 3.33. The van der Waals surface area contributed by atoms with E-state index >= 15 is 0 Å². The van der Waals surface area contributed by atoms with E-state index in [1.807, 2.05) is 54.6 Å². The van der Waals surface area contributed by atoms with E-state index in [0.29, 0.717) is 25.9 Å². The van der Waals surface area contributed by atoms with Crippen molar-refractivity contribution in [1.82, 2.24) is 15.5 Å². The third-order valence-electron chi connectivity index (χ3n) is 8.21. The number of nitrogens with one attached hydrogen (secondary N) is 2. The molecule has 41 heavy (non-hydrogen) atoms. The van der Waals surface area contributed by atoms with E-state index in [1.165, 1.54) is 0 Å². The van der Waals surface area contributed by atoms with Gasteiger partial charge in [0.1, 0.15) is 11.8 Å². The van der Waals surface area contributed by atoms with Gasteiger partial charge in [0.25, 0.3) is 0 Å². The summed E-state index contributed by atoms with van der Waals surface area (Å²) in [6, 6.07) is 14.6. The maximum atomic E-state index is 13.7. The Morgan fingerprint density at radius 2 is 1.93 bits per heavy atom. The van der Waals surface area contributed by atoms with Gasteiger partial charge in [-0.2, -0.15) is 0 Å². The summed E-state index contributed by atoms with van der Waals surface area (Å²) in [5, 5.41) is 18.1. The van der Waals surface area contributed by atoms with Gasteiger partial charge in [-0.15, -0.1) is 0 Å². The van der Waals surface area contributed by atoms with E-state index in [0.717, 1.165) is 48.1 Å². The molecule has 0 saturated carbocycles. The molecule has 1 aliphatic carbocycles. The normalized spacial score (nSPS) is 25.8. The van der Waals surface area contributed by atoms with E-state index in [2.05, 4.69) is 23.6 Å². The highest BCUT2D eigenvalue weighted by Crippen LogP contribution is 2.42. The van der Waals surface area contributed by atoms with Gasteiger partial charge < -0.3 is 30.1 Å². The highest BCUT2D eigenvalue weighted by molar-refractivity contribution is 5.88. The Balaban J connectivity index is 1.60. The number of nitrogens with zero attached hydrogens (tertiary/aromatic N) is 1. The molecule has 0 radical (unpaired) electrons. The molecule has 2 bridgehead atoms. The zero-order valence-corrected chi connectivity index (χ0v) is 24.6. The fourth-order valence-electron chi connectivity index (χ4n) is 5.71. The summed E-state index contributed by atoms with van der Waals surface area (Å²) in [6.45, 7) is 2.77. The first-order valence-corrected chi connectivity index (χ1v) is 14.9. The lowest BCUT2D eigenvalue weighted by molar-refractivity contribution is -0.139. The minimum absolute atomic E-state index is 0.0263. The number of likely N-dealkylation sites (N-methyl/N-ethyl adjacent to an activating group) is 1.